The van der Waals surface area contributed by atoms with E-state index in [-0.39, 0.29) is 18.0 Å². The number of carbonyl (C=O) groups excluding carboxylic acids is 1. The number of para-hydroxylation sites is 1. The van der Waals surface area contributed by atoms with E-state index in [0.717, 1.165) is 66.7 Å². The highest BCUT2D eigenvalue weighted by atomic mass is 32.1. The highest BCUT2D eigenvalue weighted by molar-refractivity contribution is 7.80. The number of hydrogen-bond donors (Lipinski definition) is 2. The van der Waals surface area contributed by atoms with Gasteiger partial charge < -0.3 is 29.7 Å². The SMILES string of the molecule is CCc1ccccc1NC(=O)CCN1C(=S)N[C@H](c2ccccn2)[C@@H]1c1cc(C)n(-c2ccc(N3CCOCC3)cc2)c1C. The summed E-state index contributed by atoms with van der Waals surface area (Å²) >= 11 is 5.90. The molecule has 2 aliphatic rings. The van der Waals surface area contributed by atoms with Gasteiger partial charge in [-0.3, -0.25) is 9.78 Å². The molecule has 8 nitrogen and oxygen atoms in total. The minimum atomic E-state index is -0.148. The number of anilines is 2. The summed E-state index contributed by atoms with van der Waals surface area (Å²) < 4.78 is 7.84. The molecule has 4 aromatic rings. The van der Waals surface area contributed by atoms with E-state index in [1.807, 2.05) is 42.6 Å². The highest BCUT2D eigenvalue weighted by Crippen LogP contribution is 2.41. The number of hydrogen-bond acceptors (Lipinski definition) is 5. The molecule has 2 N–H and O–H groups in total. The van der Waals surface area contributed by atoms with Crippen LogP contribution in [0.5, 0.6) is 0 Å². The zero-order chi connectivity index (χ0) is 30.6. The lowest BCUT2D eigenvalue weighted by atomic mass is 9.96. The first-order valence-electron chi connectivity index (χ1n) is 15.4. The van der Waals surface area contributed by atoms with E-state index in [9.17, 15) is 4.79 Å². The Morgan fingerprint density at radius 2 is 1.75 bits per heavy atom. The number of rotatable bonds is 9. The highest BCUT2D eigenvalue weighted by Gasteiger charge is 2.41. The van der Waals surface area contributed by atoms with E-state index in [4.69, 9.17) is 21.9 Å². The van der Waals surface area contributed by atoms with Crippen molar-refractivity contribution in [2.75, 3.05) is 43.1 Å². The van der Waals surface area contributed by atoms with Crippen LogP contribution in [0.4, 0.5) is 11.4 Å². The third kappa shape index (κ3) is 6.07. The van der Waals surface area contributed by atoms with Crippen LogP contribution in [-0.2, 0) is 16.0 Å². The molecule has 4 heterocycles. The molecule has 0 radical (unpaired) electrons. The quantitative estimate of drug-likeness (QED) is 0.230. The summed E-state index contributed by atoms with van der Waals surface area (Å²) in [6.07, 6.45) is 2.99. The van der Waals surface area contributed by atoms with E-state index in [2.05, 4.69) is 82.2 Å². The van der Waals surface area contributed by atoms with Crippen LogP contribution in [0, 0.1) is 13.8 Å². The lowest BCUT2D eigenvalue weighted by molar-refractivity contribution is -0.116. The van der Waals surface area contributed by atoms with Crippen molar-refractivity contribution >= 4 is 34.6 Å². The number of benzene rings is 2. The number of aryl methyl sites for hydroxylation is 2. The summed E-state index contributed by atoms with van der Waals surface area (Å²) in [4.78, 5) is 22.4. The fraction of sp³-hybridized carbons (Fsp3) is 0.343. The Labute approximate surface area is 265 Å². The molecule has 2 aromatic heterocycles. The first-order chi connectivity index (χ1) is 21.4. The van der Waals surface area contributed by atoms with Crippen molar-refractivity contribution in [2.45, 2.75) is 45.7 Å². The topological polar surface area (TPSA) is 74.7 Å². The van der Waals surface area contributed by atoms with Gasteiger partial charge in [0.05, 0.1) is 31.0 Å². The monoisotopic (exact) mass is 608 g/mol. The van der Waals surface area contributed by atoms with Crippen LogP contribution in [-0.4, -0.2) is 58.3 Å². The van der Waals surface area contributed by atoms with Crippen molar-refractivity contribution in [1.82, 2.24) is 19.8 Å². The van der Waals surface area contributed by atoms with Gasteiger partial charge in [-0.15, -0.1) is 0 Å². The van der Waals surface area contributed by atoms with Gasteiger partial charge in [0.1, 0.15) is 0 Å². The molecule has 0 aliphatic carbocycles. The zero-order valence-corrected chi connectivity index (χ0v) is 26.4. The number of pyridine rings is 1. The molecule has 0 bridgehead atoms. The Bertz CT molecular complexity index is 1610. The Morgan fingerprint density at radius 3 is 2.48 bits per heavy atom. The first kappa shape index (κ1) is 29.8. The van der Waals surface area contributed by atoms with Gasteiger partial charge in [0, 0.05) is 60.7 Å². The lowest BCUT2D eigenvalue weighted by Crippen LogP contribution is -2.36. The molecule has 2 fully saturated rings. The second kappa shape index (κ2) is 13.2. The third-order valence-corrected chi connectivity index (χ3v) is 9.08. The number of thiocarbonyl (C=S) groups is 1. The molecule has 0 saturated carbocycles. The van der Waals surface area contributed by atoms with Crippen LogP contribution in [0.25, 0.3) is 5.69 Å². The molecular formula is C35H40N6O2S. The third-order valence-electron chi connectivity index (χ3n) is 8.72. The van der Waals surface area contributed by atoms with Crippen LogP contribution in [0.1, 0.15) is 53.6 Å². The average Bonchev–Trinajstić information content (AvgIpc) is 3.54. The van der Waals surface area contributed by atoms with Gasteiger partial charge in [-0.25, -0.2) is 0 Å². The molecule has 0 unspecified atom stereocenters. The first-order valence-corrected chi connectivity index (χ1v) is 15.8. The number of aromatic nitrogens is 2. The molecule has 228 valence electrons. The fourth-order valence-corrected chi connectivity index (χ4v) is 6.82. The van der Waals surface area contributed by atoms with Gasteiger partial charge in [-0.05, 0) is 92.1 Å². The largest absolute Gasteiger partial charge is 0.378 e. The van der Waals surface area contributed by atoms with Crippen molar-refractivity contribution in [3.63, 3.8) is 0 Å². The summed E-state index contributed by atoms with van der Waals surface area (Å²) in [5, 5.41) is 7.29. The van der Waals surface area contributed by atoms with E-state index in [1.165, 1.54) is 11.3 Å². The average molecular weight is 609 g/mol. The maximum absolute atomic E-state index is 13.2. The zero-order valence-electron chi connectivity index (χ0n) is 25.6. The van der Waals surface area contributed by atoms with Crippen LogP contribution in [0.2, 0.25) is 0 Å². The standard InChI is InChI=1S/C35H40N6O2S/c1-4-26-9-5-6-10-30(26)37-32(42)16-18-40-34(33(38-35(40)44)31-11-7-8-17-36-31)29-23-24(2)41(25(29)3)28-14-12-27(13-15-28)39-19-21-43-22-20-39/h5-15,17,23,33-34H,4,16,18-22H2,1-3H3,(H,37,42)(H,38,44)/t33-,34+/m1/s1. The maximum Gasteiger partial charge on any atom is 0.226 e. The molecule has 6 rings (SSSR count). The molecule has 44 heavy (non-hydrogen) atoms. The van der Waals surface area contributed by atoms with Gasteiger partial charge in [-0.1, -0.05) is 31.2 Å². The number of ether oxygens (including phenoxy) is 1. The Morgan fingerprint density at radius 1 is 1.02 bits per heavy atom. The Balaban J connectivity index is 1.28. The van der Waals surface area contributed by atoms with Gasteiger partial charge in [0.2, 0.25) is 5.91 Å². The second-order valence-corrected chi connectivity index (χ2v) is 11.8. The maximum atomic E-state index is 13.2. The molecule has 2 aromatic carbocycles. The van der Waals surface area contributed by atoms with Crippen LogP contribution >= 0.6 is 12.2 Å². The summed E-state index contributed by atoms with van der Waals surface area (Å²) in [5.41, 5.74) is 8.69. The molecule has 2 atom stereocenters. The lowest BCUT2D eigenvalue weighted by Gasteiger charge is -2.29. The van der Waals surface area contributed by atoms with E-state index >= 15 is 0 Å². The van der Waals surface area contributed by atoms with Crippen LogP contribution in [0.15, 0.2) is 79.0 Å². The Kier molecular flexibility index (Phi) is 8.95. The summed E-state index contributed by atoms with van der Waals surface area (Å²) in [6.45, 7) is 10.2. The summed E-state index contributed by atoms with van der Waals surface area (Å²) in [6, 6.07) is 24.7. The van der Waals surface area contributed by atoms with Crippen molar-refractivity contribution in [2.24, 2.45) is 0 Å². The molecule has 9 heteroatoms. The van der Waals surface area contributed by atoms with Gasteiger partial charge in [0.15, 0.2) is 5.11 Å². The number of morpholine rings is 1. The normalized spacial score (nSPS) is 18.4. The van der Waals surface area contributed by atoms with Gasteiger partial charge in [-0.2, -0.15) is 0 Å². The summed E-state index contributed by atoms with van der Waals surface area (Å²) in [5.74, 6) is -0.0282. The minimum absolute atomic E-state index is 0.0282. The fourth-order valence-electron chi connectivity index (χ4n) is 6.49. The van der Waals surface area contributed by atoms with E-state index in [1.54, 1.807) is 0 Å². The summed E-state index contributed by atoms with van der Waals surface area (Å²) in [7, 11) is 0. The van der Waals surface area contributed by atoms with Crippen molar-refractivity contribution in [3.8, 4) is 5.69 Å². The van der Waals surface area contributed by atoms with Gasteiger partial charge in [0.25, 0.3) is 0 Å². The van der Waals surface area contributed by atoms with Crippen molar-refractivity contribution < 1.29 is 9.53 Å². The van der Waals surface area contributed by atoms with Crippen molar-refractivity contribution in [1.29, 1.82) is 0 Å². The number of nitrogens with one attached hydrogen (secondary N) is 2. The number of amides is 1. The molecule has 2 saturated heterocycles. The predicted molar refractivity (Wildman–Crippen MR) is 180 cm³/mol. The smallest absolute Gasteiger partial charge is 0.226 e. The van der Waals surface area contributed by atoms with Crippen LogP contribution < -0.4 is 15.5 Å². The van der Waals surface area contributed by atoms with Gasteiger partial charge >= 0.3 is 0 Å². The minimum Gasteiger partial charge on any atom is -0.378 e. The number of nitrogens with zero attached hydrogens (tertiary/aromatic N) is 4. The van der Waals surface area contributed by atoms with Crippen molar-refractivity contribution in [3.05, 3.63) is 107 Å². The predicted octanol–water partition coefficient (Wildman–Crippen LogP) is 5.89. The molecule has 2 aliphatic heterocycles. The molecule has 1 amide bonds. The molecular weight excluding hydrogens is 568 g/mol. The number of carbonyl (C=O) groups is 1. The van der Waals surface area contributed by atoms with Crippen LogP contribution in [0.3, 0.4) is 0 Å². The van der Waals surface area contributed by atoms with E-state index in [0.29, 0.717) is 18.1 Å². The molecule has 0 spiro atoms. The van der Waals surface area contributed by atoms with E-state index < -0.39 is 0 Å². The second-order valence-electron chi connectivity index (χ2n) is 11.4. The Hall–Kier alpha value is -4.21.